The van der Waals surface area contributed by atoms with Crippen LogP contribution in [0.2, 0.25) is 5.02 Å². The summed E-state index contributed by atoms with van der Waals surface area (Å²) in [6.45, 7) is 0. The van der Waals surface area contributed by atoms with Gasteiger partial charge in [-0.2, -0.15) is 0 Å². The van der Waals surface area contributed by atoms with Gasteiger partial charge in [0.25, 0.3) is 0 Å². The highest BCUT2D eigenvalue weighted by atomic mass is 35.5. The molecule has 0 atom stereocenters. The number of hydrogen-bond acceptors (Lipinski definition) is 2. The van der Waals surface area contributed by atoms with E-state index in [-0.39, 0.29) is 0 Å². The molecule has 0 N–H and O–H groups in total. The van der Waals surface area contributed by atoms with E-state index in [9.17, 15) is 0 Å². The molecule has 0 heterocycles. The zero-order chi connectivity index (χ0) is 22.5. The number of rotatable bonds is 6. The molecule has 2 nitrogen and oxygen atoms in total. The monoisotopic (exact) mass is 447 g/mol. The second-order valence-corrected chi connectivity index (χ2v) is 8.05. The molecule has 0 unspecified atom stereocenters. The zero-order valence-corrected chi connectivity index (χ0v) is 18.7. The van der Waals surface area contributed by atoms with E-state index in [0.29, 0.717) is 10.8 Å². The Labute approximate surface area is 199 Å². The normalized spacial score (nSPS) is 10.6. The average molecular weight is 448 g/mol. The standard InChI is InChI=1S/C30H22ClNO/c31-24-20-26(22-28(21-24)33-27-16-8-3-9-17-27)32(25-14-6-2-7-15-25)30-19-11-10-18-29(30)23-12-4-1-5-13-23/h1-22H. The Morgan fingerprint density at radius 2 is 1.12 bits per heavy atom. The summed E-state index contributed by atoms with van der Waals surface area (Å²) in [6.07, 6.45) is 0. The van der Waals surface area contributed by atoms with E-state index < -0.39 is 0 Å². The van der Waals surface area contributed by atoms with Gasteiger partial charge in [-0.1, -0.05) is 96.5 Å². The third-order valence-electron chi connectivity index (χ3n) is 5.34. The van der Waals surface area contributed by atoms with Crippen molar-refractivity contribution in [3.8, 4) is 22.6 Å². The van der Waals surface area contributed by atoms with Gasteiger partial charge in [0, 0.05) is 22.3 Å². The number of benzene rings is 5. The van der Waals surface area contributed by atoms with Gasteiger partial charge in [-0.15, -0.1) is 0 Å². The molecule has 0 bridgehead atoms. The van der Waals surface area contributed by atoms with E-state index in [1.165, 1.54) is 0 Å². The number of para-hydroxylation sites is 3. The molecular weight excluding hydrogens is 426 g/mol. The van der Waals surface area contributed by atoms with Crippen molar-refractivity contribution in [3.63, 3.8) is 0 Å². The van der Waals surface area contributed by atoms with Crippen LogP contribution in [-0.2, 0) is 0 Å². The zero-order valence-electron chi connectivity index (χ0n) is 17.9. The molecule has 0 amide bonds. The summed E-state index contributed by atoms with van der Waals surface area (Å²) in [6, 6.07) is 44.7. The van der Waals surface area contributed by atoms with Crippen LogP contribution >= 0.6 is 11.6 Å². The van der Waals surface area contributed by atoms with Crippen LogP contribution < -0.4 is 9.64 Å². The van der Waals surface area contributed by atoms with Crippen molar-refractivity contribution in [2.45, 2.75) is 0 Å². The molecule has 5 aromatic carbocycles. The van der Waals surface area contributed by atoms with Crippen molar-refractivity contribution < 1.29 is 4.74 Å². The molecule has 0 spiro atoms. The van der Waals surface area contributed by atoms with Crippen LogP contribution in [0.1, 0.15) is 0 Å². The summed E-state index contributed by atoms with van der Waals surface area (Å²) in [5, 5.41) is 0.608. The van der Waals surface area contributed by atoms with Gasteiger partial charge in [0.05, 0.1) is 11.4 Å². The summed E-state index contributed by atoms with van der Waals surface area (Å²) in [4.78, 5) is 2.21. The minimum Gasteiger partial charge on any atom is -0.457 e. The van der Waals surface area contributed by atoms with Gasteiger partial charge in [-0.3, -0.25) is 0 Å². The van der Waals surface area contributed by atoms with Crippen LogP contribution in [0.5, 0.6) is 11.5 Å². The molecule has 5 rings (SSSR count). The Kier molecular flexibility index (Phi) is 6.10. The molecule has 0 radical (unpaired) electrons. The van der Waals surface area contributed by atoms with E-state index in [1.54, 1.807) is 0 Å². The van der Waals surface area contributed by atoms with E-state index in [1.807, 2.05) is 72.8 Å². The lowest BCUT2D eigenvalue weighted by Gasteiger charge is -2.28. The molecule has 0 fully saturated rings. The Hall–Kier alpha value is -4.01. The fraction of sp³-hybridized carbons (Fsp3) is 0. The first-order valence-corrected chi connectivity index (χ1v) is 11.2. The molecule has 0 aromatic heterocycles. The van der Waals surface area contributed by atoms with E-state index in [4.69, 9.17) is 16.3 Å². The molecule has 0 aliphatic carbocycles. The topological polar surface area (TPSA) is 12.5 Å². The van der Waals surface area contributed by atoms with Gasteiger partial charge in [0.1, 0.15) is 11.5 Å². The Morgan fingerprint density at radius 3 is 1.85 bits per heavy atom. The van der Waals surface area contributed by atoms with Gasteiger partial charge in [-0.05, 0) is 48.0 Å². The number of ether oxygens (including phenoxy) is 1. The van der Waals surface area contributed by atoms with Crippen LogP contribution in [0, 0.1) is 0 Å². The molecule has 0 saturated heterocycles. The van der Waals surface area contributed by atoms with E-state index >= 15 is 0 Å². The lowest BCUT2D eigenvalue weighted by Crippen LogP contribution is -2.11. The smallest absolute Gasteiger partial charge is 0.131 e. The second kappa shape index (κ2) is 9.64. The second-order valence-electron chi connectivity index (χ2n) is 7.61. The number of nitrogens with zero attached hydrogens (tertiary/aromatic N) is 1. The Morgan fingerprint density at radius 1 is 0.515 bits per heavy atom. The molecule has 0 aliphatic rings. The summed E-state index contributed by atoms with van der Waals surface area (Å²) in [5.74, 6) is 1.45. The molecule has 3 heteroatoms. The minimum atomic E-state index is 0.608. The highest BCUT2D eigenvalue weighted by Crippen LogP contribution is 2.42. The fourth-order valence-corrected chi connectivity index (χ4v) is 4.11. The number of halogens is 1. The Balaban J connectivity index is 1.66. The van der Waals surface area contributed by atoms with Crippen molar-refractivity contribution in [2.75, 3.05) is 4.90 Å². The first kappa shape index (κ1) is 20.9. The van der Waals surface area contributed by atoms with E-state index in [2.05, 4.69) is 65.6 Å². The maximum atomic E-state index is 6.59. The molecule has 5 aromatic rings. The van der Waals surface area contributed by atoms with Crippen LogP contribution in [0.4, 0.5) is 17.1 Å². The highest BCUT2D eigenvalue weighted by Gasteiger charge is 2.18. The summed E-state index contributed by atoms with van der Waals surface area (Å²) >= 11 is 6.59. The van der Waals surface area contributed by atoms with Crippen molar-refractivity contribution in [3.05, 3.63) is 138 Å². The molecule has 33 heavy (non-hydrogen) atoms. The van der Waals surface area contributed by atoms with Gasteiger partial charge < -0.3 is 9.64 Å². The average Bonchev–Trinajstić information content (AvgIpc) is 2.86. The van der Waals surface area contributed by atoms with Gasteiger partial charge in [0.2, 0.25) is 0 Å². The fourth-order valence-electron chi connectivity index (χ4n) is 3.90. The van der Waals surface area contributed by atoms with Gasteiger partial charge >= 0.3 is 0 Å². The largest absolute Gasteiger partial charge is 0.457 e. The van der Waals surface area contributed by atoms with Crippen LogP contribution in [0.25, 0.3) is 11.1 Å². The third-order valence-corrected chi connectivity index (χ3v) is 5.56. The molecular formula is C30H22ClNO. The lowest BCUT2D eigenvalue weighted by atomic mass is 10.0. The van der Waals surface area contributed by atoms with Crippen LogP contribution in [0.3, 0.4) is 0 Å². The van der Waals surface area contributed by atoms with Crippen LogP contribution in [-0.4, -0.2) is 0 Å². The van der Waals surface area contributed by atoms with Gasteiger partial charge in [-0.25, -0.2) is 0 Å². The molecule has 0 aliphatic heterocycles. The first-order valence-electron chi connectivity index (χ1n) is 10.8. The number of hydrogen-bond donors (Lipinski definition) is 0. The molecule has 160 valence electrons. The number of anilines is 3. The van der Waals surface area contributed by atoms with Crippen molar-refractivity contribution in [1.29, 1.82) is 0 Å². The summed E-state index contributed by atoms with van der Waals surface area (Å²) in [7, 11) is 0. The predicted molar refractivity (Wildman–Crippen MR) is 138 cm³/mol. The van der Waals surface area contributed by atoms with Crippen molar-refractivity contribution >= 4 is 28.7 Å². The quantitative estimate of drug-likeness (QED) is 0.257. The third kappa shape index (κ3) is 4.77. The highest BCUT2D eigenvalue weighted by molar-refractivity contribution is 6.31. The van der Waals surface area contributed by atoms with Crippen molar-refractivity contribution in [1.82, 2.24) is 0 Å². The van der Waals surface area contributed by atoms with E-state index in [0.717, 1.165) is 33.9 Å². The maximum absolute atomic E-state index is 6.59. The SMILES string of the molecule is Clc1cc(Oc2ccccc2)cc(N(c2ccccc2)c2ccccc2-c2ccccc2)c1. The summed E-state index contributed by atoms with van der Waals surface area (Å²) < 4.78 is 6.13. The summed E-state index contributed by atoms with van der Waals surface area (Å²) in [5.41, 5.74) is 5.30. The lowest BCUT2D eigenvalue weighted by molar-refractivity contribution is 0.483. The molecule has 0 saturated carbocycles. The minimum absolute atomic E-state index is 0.608. The first-order chi connectivity index (χ1) is 16.3. The predicted octanol–water partition coefficient (Wildman–Crippen LogP) is 9.27. The maximum Gasteiger partial charge on any atom is 0.131 e. The van der Waals surface area contributed by atoms with Crippen LogP contribution in [0.15, 0.2) is 133 Å². The Bertz CT molecular complexity index is 1340. The van der Waals surface area contributed by atoms with Crippen molar-refractivity contribution in [2.24, 2.45) is 0 Å². The van der Waals surface area contributed by atoms with Gasteiger partial charge in [0.15, 0.2) is 0 Å².